The smallest absolute Gasteiger partial charge is 0.236 e. The van der Waals surface area contributed by atoms with Crippen molar-refractivity contribution in [3.63, 3.8) is 0 Å². The molecule has 0 radical (unpaired) electrons. The second kappa shape index (κ2) is 5.50. The Morgan fingerprint density at radius 1 is 1.47 bits per heavy atom. The lowest BCUT2D eigenvalue weighted by atomic mass is 9.66. The Morgan fingerprint density at radius 3 is 2.53 bits per heavy atom. The van der Waals surface area contributed by atoms with Crippen LogP contribution in [0.25, 0.3) is 0 Å². The molecule has 0 spiro atoms. The number of carbonyl (C=O) groups is 1. The maximum atomic E-state index is 11.5. The fraction of sp³-hybridized carbons (Fsp3) is 0.917. The summed E-state index contributed by atoms with van der Waals surface area (Å²) in [5.74, 6) is 0.0138. The van der Waals surface area contributed by atoms with E-state index >= 15 is 0 Å². The quantitative estimate of drug-likeness (QED) is 0.705. The van der Waals surface area contributed by atoms with Crippen LogP contribution in [-0.4, -0.2) is 18.5 Å². The molecule has 3 N–H and O–H groups in total. The lowest BCUT2D eigenvalue weighted by Gasteiger charge is -2.42. The minimum atomic E-state index is -0.330. The zero-order valence-electron chi connectivity index (χ0n) is 10.0. The molecule has 1 aliphatic rings. The minimum absolute atomic E-state index is 0.0138. The van der Waals surface area contributed by atoms with Gasteiger partial charge in [0.05, 0.1) is 6.04 Å². The molecule has 3 heteroatoms. The molecular formula is C12H24N2O. The first-order chi connectivity index (χ1) is 7.13. The van der Waals surface area contributed by atoms with E-state index in [2.05, 4.69) is 12.2 Å². The van der Waals surface area contributed by atoms with Gasteiger partial charge in [0.15, 0.2) is 0 Å². The number of amides is 1. The van der Waals surface area contributed by atoms with Crippen molar-refractivity contribution in [1.82, 2.24) is 5.32 Å². The summed E-state index contributed by atoms with van der Waals surface area (Å²) < 4.78 is 0. The summed E-state index contributed by atoms with van der Waals surface area (Å²) in [6.07, 6.45) is 7.00. The van der Waals surface area contributed by atoms with Crippen LogP contribution in [-0.2, 0) is 4.79 Å². The van der Waals surface area contributed by atoms with Crippen molar-refractivity contribution < 1.29 is 4.79 Å². The van der Waals surface area contributed by atoms with Crippen molar-refractivity contribution >= 4 is 5.91 Å². The molecule has 0 aromatic carbocycles. The highest BCUT2D eigenvalue weighted by atomic mass is 16.2. The molecule has 1 fully saturated rings. The molecular weight excluding hydrogens is 188 g/mol. The van der Waals surface area contributed by atoms with Gasteiger partial charge >= 0.3 is 0 Å². The second-order valence-corrected chi connectivity index (χ2v) is 4.84. The zero-order valence-corrected chi connectivity index (χ0v) is 10.0. The van der Waals surface area contributed by atoms with Gasteiger partial charge in [-0.05, 0) is 31.1 Å². The molecule has 3 nitrogen and oxygen atoms in total. The van der Waals surface area contributed by atoms with Crippen molar-refractivity contribution in [1.29, 1.82) is 0 Å². The molecule has 0 heterocycles. The fourth-order valence-corrected chi connectivity index (χ4v) is 2.31. The van der Waals surface area contributed by atoms with Crippen LogP contribution >= 0.6 is 0 Å². The molecule has 0 aromatic heterocycles. The average molecular weight is 212 g/mol. The molecule has 1 aliphatic carbocycles. The Labute approximate surface area is 92.8 Å². The Hall–Kier alpha value is -0.570. The third-order valence-electron chi connectivity index (χ3n) is 3.61. The topological polar surface area (TPSA) is 55.1 Å². The fourth-order valence-electron chi connectivity index (χ4n) is 2.31. The van der Waals surface area contributed by atoms with Crippen LogP contribution in [0.2, 0.25) is 0 Å². The Bertz CT molecular complexity index is 212. The summed E-state index contributed by atoms with van der Waals surface area (Å²) >= 11 is 0. The predicted molar refractivity (Wildman–Crippen MR) is 62.5 cm³/mol. The average Bonchev–Trinajstić information content (AvgIpc) is 2.20. The maximum Gasteiger partial charge on any atom is 0.236 e. The van der Waals surface area contributed by atoms with Crippen molar-refractivity contribution in [2.24, 2.45) is 11.1 Å². The van der Waals surface area contributed by atoms with E-state index in [0.29, 0.717) is 11.8 Å². The van der Waals surface area contributed by atoms with Gasteiger partial charge in [-0.3, -0.25) is 4.79 Å². The van der Waals surface area contributed by atoms with E-state index in [4.69, 9.17) is 5.73 Å². The third kappa shape index (κ3) is 3.20. The van der Waals surface area contributed by atoms with Crippen molar-refractivity contribution in [3.8, 4) is 0 Å². The van der Waals surface area contributed by atoms with Crippen LogP contribution < -0.4 is 11.1 Å². The lowest BCUT2D eigenvalue weighted by Crippen LogP contribution is -2.47. The first-order valence-corrected chi connectivity index (χ1v) is 6.17. The molecule has 88 valence electrons. The summed E-state index contributed by atoms with van der Waals surface area (Å²) in [6.45, 7) is 4.97. The van der Waals surface area contributed by atoms with E-state index in [0.717, 1.165) is 6.54 Å². The van der Waals surface area contributed by atoms with E-state index < -0.39 is 0 Å². The first-order valence-electron chi connectivity index (χ1n) is 6.17. The summed E-state index contributed by atoms with van der Waals surface area (Å²) in [4.78, 5) is 11.5. The van der Waals surface area contributed by atoms with E-state index in [1.54, 1.807) is 0 Å². The number of rotatable bonds is 6. The SMILES string of the molecule is CCCC1(CNC(=O)[C@@H](N)CC)CCC1. The van der Waals surface area contributed by atoms with E-state index in [-0.39, 0.29) is 11.9 Å². The normalized spacial score (nSPS) is 20.5. The van der Waals surface area contributed by atoms with E-state index in [1.165, 1.54) is 32.1 Å². The van der Waals surface area contributed by atoms with Crippen molar-refractivity contribution in [2.75, 3.05) is 6.54 Å². The standard InChI is InChI=1S/C12H24N2O/c1-3-6-12(7-5-8-12)9-14-11(15)10(13)4-2/h10H,3-9,13H2,1-2H3,(H,14,15)/t10-/m0/s1. The Balaban J connectivity index is 2.31. The van der Waals surface area contributed by atoms with Crippen molar-refractivity contribution in [2.45, 2.75) is 58.4 Å². The molecule has 1 saturated carbocycles. The summed E-state index contributed by atoms with van der Waals surface area (Å²) in [6, 6.07) is -0.330. The summed E-state index contributed by atoms with van der Waals surface area (Å²) in [5, 5.41) is 3.00. The summed E-state index contributed by atoms with van der Waals surface area (Å²) in [7, 11) is 0. The van der Waals surface area contributed by atoms with Gasteiger partial charge in [-0.25, -0.2) is 0 Å². The number of hydrogen-bond acceptors (Lipinski definition) is 2. The highest BCUT2D eigenvalue weighted by Gasteiger charge is 2.36. The number of nitrogens with two attached hydrogens (primary N) is 1. The van der Waals surface area contributed by atoms with Gasteiger partial charge < -0.3 is 11.1 Å². The monoisotopic (exact) mass is 212 g/mol. The van der Waals surface area contributed by atoms with E-state index in [9.17, 15) is 4.79 Å². The molecule has 0 aliphatic heterocycles. The predicted octanol–water partition coefficient (Wildman–Crippen LogP) is 1.81. The van der Waals surface area contributed by atoms with Gasteiger partial charge in [0.2, 0.25) is 5.91 Å². The minimum Gasteiger partial charge on any atom is -0.354 e. The third-order valence-corrected chi connectivity index (χ3v) is 3.61. The molecule has 0 saturated heterocycles. The van der Waals surface area contributed by atoms with Crippen LogP contribution in [0.3, 0.4) is 0 Å². The number of carbonyl (C=O) groups excluding carboxylic acids is 1. The summed E-state index contributed by atoms with van der Waals surface area (Å²) in [5.41, 5.74) is 6.07. The van der Waals surface area contributed by atoms with Gasteiger partial charge in [0.1, 0.15) is 0 Å². The Kier molecular flexibility index (Phi) is 4.58. The highest BCUT2D eigenvalue weighted by Crippen LogP contribution is 2.44. The molecule has 15 heavy (non-hydrogen) atoms. The molecule has 1 rings (SSSR count). The van der Waals surface area contributed by atoms with Gasteiger partial charge in [-0.2, -0.15) is 0 Å². The molecule has 1 atom stereocenters. The molecule has 0 aromatic rings. The van der Waals surface area contributed by atoms with Gasteiger partial charge in [0.25, 0.3) is 0 Å². The van der Waals surface area contributed by atoms with Crippen LogP contribution in [0.1, 0.15) is 52.4 Å². The number of hydrogen-bond donors (Lipinski definition) is 2. The molecule has 0 unspecified atom stereocenters. The second-order valence-electron chi connectivity index (χ2n) is 4.84. The van der Waals surface area contributed by atoms with Gasteiger partial charge in [0, 0.05) is 6.54 Å². The largest absolute Gasteiger partial charge is 0.354 e. The van der Waals surface area contributed by atoms with Crippen molar-refractivity contribution in [3.05, 3.63) is 0 Å². The van der Waals surface area contributed by atoms with Crippen LogP contribution in [0.4, 0.5) is 0 Å². The van der Waals surface area contributed by atoms with E-state index in [1.807, 2.05) is 6.92 Å². The Morgan fingerprint density at radius 2 is 2.13 bits per heavy atom. The molecule has 0 bridgehead atoms. The van der Waals surface area contributed by atoms with Gasteiger partial charge in [-0.15, -0.1) is 0 Å². The van der Waals surface area contributed by atoms with Crippen LogP contribution in [0.15, 0.2) is 0 Å². The maximum absolute atomic E-state index is 11.5. The molecule has 1 amide bonds. The first kappa shape index (κ1) is 12.5. The van der Waals surface area contributed by atoms with Gasteiger partial charge in [-0.1, -0.05) is 26.7 Å². The lowest BCUT2D eigenvalue weighted by molar-refractivity contribution is -0.123. The highest BCUT2D eigenvalue weighted by molar-refractivity contribution is 5.81. The van der Waals surface area contributed by atoms with Crippen LogP contribution in [0, 0.1) is 5.41 Å². The number of nitrogens with one attached hydrogen (secondary N) is 1. The zero-order chi connectivity index (χ0) is 11.3. The van der Waals surface area contributed by atoms with Crippen LogP contribution in [0.5, 0.6) is 0 Å².